The second kappa shape index (κ2) is 4.42. The molecule has 0 amide bonds. The Balaban J connectivity index is 2.71. The largest absolute Gasteiger partial charge is 0.427 e. The van der Waals surface area contributed by atoms with Crippen molar-refractivity contribution >= 4 is 28.4 Å². The molecule has 1 rings (SSSR count). The topological polar surface area (TPSA) is 26.3 Å². The minimum atomic E-state index is -0.304. The standard InChI is InChI=1S/C8H8O2S2/c1-6(9)10-7-2-4-8(12-11)5-3-7/h2-5,11H,1H3. The number of hydrogen-bond donors (Lipinski definition) is 1. The molecule has 0 aromatic heterocycles. The molecule has 2 nitrogen and oxygen atoms in total. The molecule has 0 bridgehead atoms. The molecule has 12 heavy (non-hydrogen) atoms. The van der Waals surface area contributed by atoms with Crippen LogP contribution in [0.5, 0.6) is 5.75 Å². The summed E-state index contributed by atoms with van der Waals surface area (Å²) in [5.41, 5.74) is 0. The van der Waals surface area contributed by atoms with Crippen LogP contribution in [0.4, 0.5) is 0 Å². The van der Waals surface area contributed by atoms with Gasteiger partial charge in [-0.05, 0) is 24.3 Å². The van der Waals surface area contributed by atoms with Gasteiger partial charge in [0.25, 0.3) is 0 Å². The van der Waals surface area contributed by atoms with Gasteiger partial charge in [0.15, 0.2) is 0 Å². The van der Waals surface area contributed by atoms with Crippen LogP contribution in [0.1, 0.15) is 6.92 Å². The van der Waals surface area contributed by atoms with Crippen LogP contribution in [-0.2, 0) is 4.79 Å². The van der Waals surface area contributed by atoms with E-state index in [1.54, 1.807) is 12.1 Å². The van der Waals surface area contributed by atoms with Gasteiger partial charge >= 0.3 is 5.97 Å². The van der Waals surface area contributed by atoms with Crippen LogP contribution in [0.3, 0.4) is 0 Å². The highest BCUT2D eigenvalue weighted by Gasteiger charge is 1.96. The van der Waals surface area contributed by atoms with Gasteiger partial charge in [-0.1, -0.05) is 10.8 Å². The van der Waals surface area contributed by atoms with Crippen molar-refractivity contribution in [3.8, 4) is 5.75 Å². The van der Waals surface area contributed by atoms with Crippen molar-refractivity contribution in [1.29, 1.82) is 0 Å². The molecule has 0 fully saturated rings. The maximum atomic E-state index is 10.5. The van der Waals surface area contributed by atoms with Gasteiger partial charge in [0.1, 0.15) is 5.75 Å². The van der Waals surface area contributed by atoms with Crippen molar-refractivity contribution in [2.75, 3.05) is 0 Å². The lowest BCUT2D eigenvalue weighted by Gasteiger charge is -2.00. The van der Waals surface area contributed by atoms with Crippen molar-refractivity contribution in [2.45, 2.75) is 11.8 Å². The summed E-state index contributed by atoms with van der Waals surface area (Å²) in [4.78, 5) is 11.5. The van der Waals surface area contributed by atoms with E-state index >= 15 is 0 Å². The van der Waals surface area contributed by atoms with E-state index in [-0.39, 0.29) is 5.97 Å². The summed E-state index contributed by atoms with van der Waals surface area (Å²) in [6.45, 7) is 1.38. The highest BCUT2D eigenvalue weighted by Crippen LogP contribution is 2.23. The van der Waals surface area contributed by atoms with E-state index in [0.717, 1.165) is 4.90 Å². The smallest absolute Gasteiger partial charge is 0.308 e. The van der Waals surface area contributed by atoms with Crippen LogP contribution < -0.4 is 4.74 Å². The minimum Gasteiger partial charge on any atom is -0.427 e. The monoisotopic (exact) mass is 200 g/mol. The molecule has 0 saturated carbocycles. The van der Waals surface area contributed by atoms with Crippen LogP contribution in [-0.4, -0.2) is 5.97 Å². The highest BCUT2D eigenvalue weighted by molar-refractivity contribution is 8.68. The summed E-state index contributed by atoms with van der Waals surface area (Å²) in [7, 11) is 1.35. The van der Waals surface area contributed by atoms with Crippen molar-refractivity contribution in [1.82, 2.24) is 0 Å². The maximum absolute atomic E-state index is 10.5. The zero-order valence-corrected chi connectivity index (χ0v) is 8.19. The zero-order valence-electron chi connectivity index (χ0n) is 6.48. The molecule has 0 aliphatic heterocycles. The molecule has 0 radical (unpaired) electrons. The van der Waals surface area contributed by atoms with Gasteiger partial charge in [-0.2, -0.15) is 0 Å². The summed E-state index contributed by atoms with van der Waals surface area (Å²) in [6, 6.07) is 7.16. The molecule has 64 valence electrons. The van der Waals surface area contributed by atoms with Gasteiger partial charge in [-0.3, -0.25) is 4.79 Å². The molecule has 0 spiro atoms. The molecule has 0 unspecified atom stereocenters. The SMILES string of the molecule is CC(=O)Oc1ccc(SS)cc1. The molecule has 1 aromatic carbocycles. The summed E-state index contributed by atoms with van der Waals surface area (Å²) in [5.74, 6) is 0.259. The number of hydrogen-bond acceptors (Lipinski definition) is 4. The summed E-state index contributed by atoms with van der Waals surface area (Å²) < 4.78 is 4.84. The Morgan fingerprint density at radius 1 is 1.42 bits per heavy atom. The van der Waals surface area contributed by atoms with E-state index in [9.17, 15) is 4.79 Å². The third-order valence-electron chi connectivity index (χ3n) is 1.19. The van der Waals surface area contributed by atoms with Crippen LogP contribution in [0.2, 0.25) is 0 Å². The zero-order chi connectivity index (χ0) is 8.97. The number of rotatable bonds is 2. The number of ether oxygens (including phenoxy) is 1. The highest BCUT2D eigenvalue weighted by atomic mass is 33.1. The van der Waals surface area contributed by atoms with E-state index in [4.69, 9.17) is 4.74 Å². The molecule has 0 atom stereocenters. The van der Waals surface area contributed by atoms with Crippen LogP contribution in [0.25, 0.3) is 0 Å². The summed E-state index contributed by atoms with van der Waals surface area (Å²) >= 11 is 4.02. The fraction of sp³-hybridized carbons (Fsp3) is 0.125. The third-order valence-corrected chi connectivity index (χ3v) is 2.31. The number of esters is 1. The lowest BCUT2D eigenvalue weighted by atomic mass is 10.3. The molecule has 0 aliphatic rings. The molecular weight excluding hydrogens is 192 g/mol. The predicted octanol–water partition coefficient (Wildman–Crippen LogP) is 2.55. The van der Waals surface area contributed by atoms with Crippen molar-refractivity contribution in [3.05, 3.63) is 24.3 Å². The van der Waals surface area contributed by atoms with E-state index in [1.807, 2.05) is 12.1 Å². The molecule has 0 N–H and O–H groups in total. The van der Waals surface area contributed by atoms with Crippen LogP contribution in [0.15, 0.2) is 29.2 Å². The van der Waals surface area contributed by atoms with Gasteiger partial charge in [0.2, 0.25) is 0 Å². The minimum absolute atomic E-state index is 0.304. The summed E-state index contributed by atoms with van der Waals surface area (Å²) in [5, 5.41) is 0. The first-order valence-electron chi connectivity index (χ1n) is 3.32. The van der Waals surface area contributed by atoms with Gasteiger partial charge in [0.05, 0.1) is 0 Å². The Bertz CT molecular complexity index is 269. The lowest BCUT2D eigenvalue weighted by Crippen LogP contribution is -2.00. The molecule has 0 heterocycles. The van der Waals surface area contributed by atoms with Crippen molar-refractivity contribution < 1.29 is 9.53 Å². The number of benzene rings is 1. The maximum Gasteiger partial charge on any atom is 0.308 e. The number of thiol groups is 1. The van der Waals surface area contributed by atoms with Gasteiger partial charge in [-0.15, -0.1) is 11.7 Å². The number of carbonyl (C=O) groups is 1. The van der Waals surface area contributed by atoms with E-state index in [2.05, 4.69) is 11.7 Å². The fourth-order valence-corrected chi connectivity index (χ4v) is 1.36. The Kier molecular flexibility index (Phi) is 3.49. The second-order valence-corrected chi connectivity index (χ2v) is 3.36. The first-order chi connectivity index (χ1) is 5.72. The van der Waals surface area contributed by atoms with E-state index < -0.39 is 0 Å². The Hall–Kier alpha value is -0.610. The Labute approximate surface area is 80.1 Å². The predicted molar refractivity (Wildman–Crippen MR) is 52.6 cm³/mol. The van der Waals surface area contributed by atoms with E-state index in [1.165, 1.54) is 17.7 Å². The molecular formula is C8H8O2S2. The number of carbonyl (C=O) groups excluding carboxylic acids is 1. The molecule has 4 heteroatoms. The average Bonchev–Trinajstić information content (AvgIpc) is 2.05. The Morgan fingerprint density at radius 3 is 2.42 bits per heavy atom. The van der Waals surface area contributed by atoms with E-state index in [0.29, 0.717) is 5.75 Å². The quantitative estimate of drug-likeness (QED) is 0.344. The van der Waals surface area contributed by atoms with Crippen molar-refractivity contribution in [3.63, 3.8) is 0 Å². The molecule has 0 aliphatic carbocycles. The Morgan fingerprint density at radius 2 is 2.00 bits per heavy atom. The normalized spacial score (nSPS) is 9.50. The molecule has 1 aromatic rings. The first kappa shape index (κ1) is 9.48. The van der Waals surface area contributed by atoms with Gasteiger partial charge in [0, 0.05) is 11.8 Å². The lowest BCUT2D eigenvalue weighted by molar-refractivity contribution is -0.131. The second-order valence-electron chi connectivity index (χ2n) is 2.16. The first-order valence-corrected chi connectivity index (χ1v) is 5.19. The van der Waals surface area contributed by atoms with Crippen molar-refractivity contribution in [2.24, 2.45) is 0 Å². The fourth-order valence-electron chi connectivity index (χ4n) is 0.735. The third kappa shape index (κ3) is 2.79. The molecule has 0 saturated heterocycles. The van der Waals surface area contributed by atoms with Crippen LogP contribution in [0, 0.1) is 0 Å². The van der Waals surface area contributed by atoms with Gasteiger partial charge in [-0.25, -0.2) is 0 Å². The summed E-state index contributed by atoms with van der Waals surface area (Å²) in [6.07, 6.45) is 0. The average molecular weight is 200 g/mol. The van der Waals surface area contributed by atoms with Crippen LogP contribution >= 0.6 is 22.5 Å². The van der Waals surface area contributed by atoms with Gasteiger partial charge < -0.3 is 4.74 Å².